The third-order valence-electron chi connectivity index (χ3n) is 3.85. The van der Waals surface area contributed by atoms with Crippen LogP contribution in [-0.4, -0.2) is 17.7 Å². The van der Waals surface area contributed by atoms with Gasteiger partial charge in [0.15, 0.2) is 0 Å². The van der Waals surface area contributed by atoms with Crippen molar-refractivity contribution in [1.29, 1.82) is 0 Å². The molecule has 1 heteroatoms. The Morgan fingerprint density at radius 1 is 1.17 bits per heavy atom. The van der Waals surface area contributed by atoms with Crippen molar-refractivity contribution in [1.82, 2.24) is 0 Å². The summed E-state index contributed by atoms with van der Waals surface area (Å²) in [6, 6.07) is 0. The van der Waals surface area contributed by atoms with Crippen molar-refractivity contribution in [2.75, 3.05) is 0 Å². The third-order valence-corrected chi connectivity index (χ3v) is 3.85. The van der Waals surface area contributed by atoms with Gasteiger partial charge in [0.25, 0.3) is 0 Å². The molecule has 3 atom stereocenters. The first-order valence-electron chi connectivity index (χ1n) is 5.79. The molecule has 1 fully saturated rings. The Morgan fingerprint density at radius 3 is 2.33 bits per heavy atom. The Hall–Kier alpha value is 0.597. The van der Waals surface area contributed by atoms with Gasteiger partial charge in [-0.3, -0.25) is 0 Å². The molecule has 0 aromatic carbocycles. The minimum atomic E-state index is 1.02. The molecule has 0 nitrogen and oxygen atoms in total. The molecule has 1 aliphatic carbocycles. The van der Waals surface area contributed by atoms with Gasteiger partial charge >= 0.3 is 86.5 Å². The summed E-state index contributed by atoms with van der Waals surface area (Å²) in [5, 5.41) is 0. The van der Waals surface area contributed by atoms with Crippen LogP contribution in [0.3, 0.4) is 0 Å². The monoisotopic (exact) mass is 160 g/mol. The molecule has 0 amide bonds. The normalized spacial score (nSPS) is 35.8. The van der Waals surface area contributed by atoms with Crippen LogP contribution in [-0.2, 0) is 0 Å². The molecular weight excluding hydrogens is 139 g/mol. The molecule has 0 spiro atoms. The quantitative estimate of drug-likeness (QED) is 0.551. The molecule has 0 radical (unpaired) electrons. The van der Waals surface area contributed by atoms with Crippen molar-refractivity contribution < 1.29 is 0 Å². The van der Waals surface area contributed by atoms with E-state index in [1.165, 1.54) is 38.5 Å². The molecule has 1 rings (SSSR count). The molecule has 0 N–H and O–H groups in total. The van der Waals surface area contributed by atoms with Crippen LogP contribution in [0.25, 0.3) is 0 Å². The van der Waals surface area contributed by atoms with E-state index in [0.29, 0.717) is 0 Å². The molecular formula is C11H21Li. The standard InChI is InChI=1S/C11H21.Li/c1-3-5-6-11-8-7-10(4-2)9-11;/h9-11H,3-8H2,1-2H3;. The van der Waals surface area contributed by atoms with Gasteiger partial charge in [-0.25, -0.2) is 0 Å². The van der Waals surface area contributed by atoms with E-state index in [1.54, 1.807) is 0 Å². The van der Waals surface area contributed by atoms with E-state index in [2.05, 4.69) is 31.6 Å². The van der Waals surface area contributed by atoms with Crippen LogP contribution in [0.1, 0.15) is 52.4 Å². The van der Waals surface area contributed by atoms with Gasteiger partial charge in [0, 0.05) is 0 Å². The van der Waals surface area contributed by atoms with Crippen molar-refractivity contribution in [3.05, 3.63) is 0 Å². The average molecular weight is 160 g/mol. The molecule has 1 saturated carbocycles. The van der Waals surface area contributed by atoms with Crippen LogP contribution in [0.2, 0.25) is 4.59 Å². The van der Waals surface area contributed by atoms with Crippen molar-refractivity contribution in [3.63, 3.8) is 0 Å². The van der Waals surface area contributed by atoms with Crippen LogP contribution in [0.15, 0.2) is 0 Å². The number of unbranched alkanes of at least 4 members (excludes halogenated alkanes) is 1. The van der Waals surface area contributed by atoms with Crippen LogP contribution >= 0.6 is 0 Å². The third kappa shape index (κ3) is 2.54. The predicted molar refractivity (Wildman–Crippen MR) is 55.5 cm³/mol. The number of hydrogen-bond donors (Lipinski definition) is 0. The summed E-state index contributed by atoms with van der Waals surface area (Å²) in [4.78, 5) is 0. The summed E-state index contributed by atoms with van der Waals surface area (Å²) in [7, 11) is 0. The van der Waals surface area contributed by atoms with Gasteiger partial charge < -0.3 is 0 Å². The Labute approximate surface area is 86.7 Å². The van der Waals surface area contributed by atoms with Crippen molar-refractivity contribution in [3.8, 4) is 0 Å². The van der Waals surface area contributed by atoms with Gasteiger partial charge in [-0.2, -0.15) is 0 Å². The van der Waals surface area contributed by atoms with Gasteiger partial charge in [-0.15, -0.1) is 0 Å². The second-order valence-electron chi connectivity index (χ2n) is 4.51. The maximum atomic E-state index is 2.47. The van der Waals surface area contributed by atoms with E-state index in [0.717, 1.165) is 16.4 Å². The summed E-state index contributed by atoms with van der Waals surface area (Å²) in [6.07, 6.45) is 8.75. The Morgan fingerprint density at radius 2 is 1.83 bits per heavy atom. The topological polar surface area (TPSA) is 0 Å². The number of rotatable bonds is 4. The first-order valence-corrected chi connectivity index (χ1v) is 5.79. The molecule has 0 aliphatic heterocycles. The molecule has 0 saturated heterocycles. The predicted octanol–water partition coefficient (Wildman–Crippen LogP) is 3.57. The van der Waals surface area contributed by atoms with Gasteiger partial charge in [0.1, 0.15) is 0 Å². The van der Waals surface area contributed by atoms with E-state index < -0.39 is 0 Å². The fraction of sp³-hybridized carbons (Fsp3) is 1.00. The minimum absolute atomic E-state index is 1.02. The molecule has 0 aromatic heterocycles. The van der Waals surface area contributed by atoms with E-state index in [9.17, 15) is 0 Å². The van der Waals surface area contributed by atoms with Gasteiger partial charge in [0.2, 0.25) is 0 Å². The average Bonchev–Trinajstić information content (AvgIpc) is 2.43. The second kappa shape index (κ2) is 5.35. The van der Waals surface area contributed by atoms with Crippen molar-refractivity contribution in [2.24, 2.45) is 11.8 Å². The SMILES string of the molecule is [Li][CH]1C(CC)CCC1CCCC. The number of hydrogen-bond acceptors (Lipinski definition) is 0. The summed E-state index contributed by atoms with van der Waals surface area (Å²) >= 11 is 2.47. The maximum absolute atomic E-state index is 2.47. The summed E-state index contributed by atoms with van der Waals surface area (Å²) < 4.78 is 1.02. The first-order chi connectivity index (χ1) is 5.79. The molecule has 0 heterocycles. The Kier molecular flexibility index (Phi) is 4.76. The molecule has 1 aliphatic rings. The molecule has 3 unspecified atom stereocenters. The van der Waals surface area contributed by atoms with Crippen molar-refractivity contribution in [2.45, 2.75) is 57.0 Å². The van der Waals surface area contributed by atoms with E-state index in [4.69, 9.17) is 0 Å². The van der Waals surface area contributed by atoms with E-state index in [-0.39, 0.29) is 0 Å². The van der Waals surface area contributed by atoms with Crippen molar-refractivity contribution >= 4 is 17.7 Å². The van der Waals surface area contributed by atoms with Gasteiger partial charge in [-0.1, -0.05) is 0 Å². The zero-order valence-electron chi connectivity index (χ0n) is 8.97. The van der Waals surface area contributed by atoms with Gasteiger partial charge in [0.05, 0.1) is 0 Å². The van der Waals surface area contributed by atoms with E-state index in [1.807, 2.05) is 0 Å². The first kappa shape index (κ1) is 10.7. The Bertz CT molecular complexity index is 122. The molecule has 0 aromatic rings. The molecule has 66 valence electrons. The van der Waals surface area contributed by atoms with Crippen LogP contribution in [0.5, 0.6) is 0 Å². The Balaban J connectivity index is 2.28. The molecule has 12 heavy (non-hydrogen) atoms. The fourth-order valence-electron chi connectivity index (χ4n) is 2.79. The van der Waals surface area contributed by atoms with Crippen LogP contribution in [0, 0.1) is 11.8 Å². The molecule has 0 bridgehead atoms. The summed E-state index contributed by atoms with van der Waals surface area (Å²) in [5.41, 5.74) is 0. The fourth-order valence-corrected chi connectivity index (χ4v) is 2.79. The van der Waals surface area contributed by atoms with E-state index >= 15 is 0 Å². The second-order valence-corrected chi connectivity index (χ2v) is 4.51. The zero-order chi connectivity index (χ0) is 8.97. The van der Waals surface area contributed by atoms with Gasteiger partial charge in [-0.05, 0) is 0 Å². The van der Waals surface area contributed by atoms with Crippen LogP contribution < -0.4 is 0 Å². The summed E-state index contributed by atoms with van der Waals surface area (Å²) in [5.74, 6) is 2.11. The zero-order valence-corrected chi connectivity index (χ0v) is 8.97. The summed E-state index contributed by atoms with van der Waals surface area (Å²) in [6.45, 7) is 4.65. The van der Waals surface area contributed by atoms with Crippen LogP contribution in [0.4, 0.5) is 0 Å².